The molecule has 0 aliphatic heterocycles. The van der Waals surface area contributed by atoms with E-state index in [1.54, 1.807) is 24.5 Å². The quantitative estimate of drug-likeness (QED) is 0.459. The lowest BCUT2D eigenvalue weighted by Gasteiger charge is -2.13. The smallest absolute Gasteiger partial charge is 0.150 e. The first-order chi connectivity index (χ1) is 13.6. The molecule has 28 heavy (non-hydrogen) atoms. The summed E-state index contributed by atoms with van der Waals surface area (Å²) in [6.07, 6.45) is 5.03. The molecule has 7 heteroatoms. The average molecular weight is 380 g/mol. The predicted octanol–water partition coefficient (Wildman–Crippen LogP) is 2.61. The molecular weight excluding hydrogens is 352 g/mol. The van der Waals surface area contributed by atoms with Gasteiger partial charge in [-0.1, -0.05) is 12.1 Å². The molecular formula is C21H28N6O. The second-order valence-electron chi connectivity index (χ2n) is 6.53. The van der Waals surface area contributed by atoms with Crippen LogP contribution < -0.4 is 10.6 Å². The van der Waals surface area contributed by atoms with Gasteiger partial charge in [0.05, 0.1) is 12.1 Å². The molecule has 0 spiro atoms. The number of benzene rings is 1. The summed E-state index contributed by atoms with van der Waals surface area (Å²) < 4.78 is 0. The Labute approximate surface area is 166 Å². The number of carbonyl (C=O) groups is 1. The van der Waals surface area contributed by atoms with Crippen LogP contribution in [0.15, 0.2) is 48.8 Å². The van der Waals surface area contributed by atoms with Crippen molar-refractivity contribution in [3.05, 3.63) is 60.2 Å². The predicted molar refractivity (Wildman–Crippen MR) is 114 cm³/mol. The Bertz CT molecular complexity index is 854. The number of pyridine rings is 1. The van der Waals surface area contributed by atoms with Crippen molar-refractivity contribution < 1.29 is 4.79 Å². The number of nitrogens with one attached hydrogen (secondary N) is 2. The molecule has 0 bridgehead atoms. The van der Waals surface area contributed by atoms with Crippen molar-refractivity contribution in [3.8, 4) is 0 Å². The van der Waals surface area contributed by atoms with Crippen LogP contribution in [0.3, 0.4) is 0 Å². The van der Waals surface area contributed by atoms with Crippen molar-refractivity contribution in [1.82, 2.24) is 25.2 Å². The first-order valence-electron chi connectivity index (χ1n) is 9.28. The fourth-order valence-corrected chi connectivity index (χ4v) is 2.53. The van der Waals surface area contributed by atoms with E-state index in [0.717, 1.165) is 54.9 Å². The SMILES string of the molecule is CNCCCNc1nc(CN(C)C)nc2ccccc12.O=Cc1ccncc1. The monoisotopic (exact) mass is 380 g/mol. The summed E-state index contributed by atoms with van der Waals surface area (Å²) in [7, 11) is 6.02. The van der Waals surface area contributed by atoms with Crippen molar-refractivity contribution in [2.45, 2.75) is 13.0 Å². The van der Waals surface area contributed by atoms with Gasteiger partial charge in [-0.05, 0) is 58.4 Å². The van der Waals surface area contributed by atoms with E-state index in [9.17, 15) is 4.79 Å². The highest BCUT2D eigenvalue weighted by Gasteiger charge is 2.07. The summed E-state index contributed by atoms with van der Waals surface area (Å²) >= 11 is 0. The van der Waals surface area contributed by atoms with Crippen LogP contribution in [0, 0.1) is 0 Å². The van der Waals surface area contributed by atoms with Gasteiger partial charge in [0.25, 0.3) is 0 Å². The van der Waals surface area contributed by atoms with Crippen molar-refractivity contribution in [1.29, 1.82) is 0 Å². The molecule has 0 radical (unpaired) electrons. The van der Waals surface area contributed by atoms with Crippen molar-refractivity contribution in [3.63, 3.8) is 0 Å². The van der Waals surface area contributed by atoms with E-state index in [4.69, 9.17) is 0 Å². The highest BCUT2D eigenvalue weighted by molar-refractivity contribution is 5.88. The van der Waals surface area contributed by atoms with Crippen LogP contribution in [0.25, 0.3) is 10.9 Å². The van der Waals surface area contributed by atoms with Gasteiger partial charge in [-0.25, -0.2) is 9.97 Å². The van der Waals surface area contributed by atoms with Crippen molar-refractivity contribution in [2.24, 2.45) is 0 Å². The van der Waals surface area contributed by atoms with Gasteiger partial charge in [-0.15, -0.1) is 0 Å². The molecule has 0 aliphatic carbocycles. The third-order valence-electron chi connectivity index (χ3n) is 3.85. The van der Waals surface area contributed by atoms with E-state index in [-0.39, 0.29) is 0 Å². The molecule has 0 atom stereocenters. The average Bonchev–Trinajstić information content (AvgIpc) is 2.71. The van der Waals surface area contributed by atoms with E-state index in [1.165, 1.54) is 0 Å². The number of rotatable bonds is 8. The third-order valence-corrected chi connectivity index (χ3v) is 3.85. The van der Waals surface area contributed by atoms with Crippen LogP contribution in [0.1, 0.15) is 22.6 Å². The Balaban J connectivity index is 0.000000292. The number of hydrogen-bond acceptors (Lipinski definition) is 7. The number of aromatic nitrogens is 3. The molecule has 2 aromatic heterocycles. The van der Waals surface area contributed by atoms with E-state index < -0.39 is 0 Å². The zero-order valence-electron chi connectivity index (χ0n) is 16.7. The van der Waals surface area contributed by atoms with E-state index in [0.29, 0.717) is 5.56 Å². The highest BCUT2D eigenvalue weighted by atomic mass is 16.1. The molecule has 7 nitrogen and oxygen atoms in total. The summed E-state index contributed by atoms with van der Waals surface area (Å²) in [5.74, 6) is 1.79. The number of aldehydes is 1. The maximum atomic E-state index is 9.98. The first-order valence-corrected chi connectivity index (χ1v) is 9.28. The summed E-state index contributed by atoms with van der Waals surface area (Å²) in [5.41, 5.74) is 1.66. The van der Waals surface area contributed by atoms with Crippen LogP contribution in [-0.2, 0) is 6.54 Å². The number of anilines is 1. The fraction of sp³-hybridized carbons (Fsp3) is 0.333. The zero-order chi connectivity index (χ0) is 20.2. The Kier molecular flexibility index (Phi) is 8.97. The number of para-hydroxylation sites is 1. The maximum Gasteiger partial charge on any atom is 0.150 e. The lowest BCUT2D eigenvalue weighted by molar-refractivity contribution is 0.112. The fourth-order valence-electron chi connectivity index (χ4n) is 2.53. The standard InChI is InChI=1S/C15H23N5.C6H5NO/c1-16-9-6-10-17-15-12-7-4-5-8-13(12)18-14(19-15)11-20(2)3;8-5-6-1-3-7-4-2-6/h4-5,7-8,16H,6,9-11H2,1-3H3,(H,17,18,19);1-5H. The van der Waals surface area contributed by atoms with Crippen LogP contribution in [0.2, 0.25) is 0 Å². The maximum absolute atomic E-state index is 9.98. The molecule has 0 unspecified atom stereocenters. The molecule has 0 saturated heterocycles. The van der Waals surface area contributed by atoms with Crippen LogP contribution >= 0.6 is 0 Å². The second-order valence-corrected chi connectivity index (χ2v) is 6.53. The minimum Gasteiger partial charge on any atom is -0.369 e. The minimum atomic E-state index is 0.667. The minimum absolute atomic E-state index is 0.667. The van der Waals surface area contributed by atoms with E-state index in [2.05, 4.69) is 36.6 Å². The van der Waals surface area contributed by atoms with Gasteiger partial charge < -0.3 is 15.5 Å². The molecule has 148 valence electrons. The molecule has 3 aromatic rings. The normalized spacial score (nSPS) is 10.4. The van der Waals surface area contributed by atoms with Gasteiger partial charge in [0.15, 0.2) is 0 Å². The molecule has 2 heterocycles. The Morgan fingerprint density at radius 3 is 2.43 bits per heavy atom. The number of carbonyl (C=O) groups excluding carboxylic acids is 1. The molecule has 0 aliphatic rings. The zero-order valence-corrected chi connectivity index (χ0v) is 16.7. The Morgan fingerprint density at radius 2 is 1.79 bits per heavy atom. The van der Waals surface area contributed by atoms with Crippen LogP contribution in [-0.4, -0.2) is 60.4 Å². The van der Waals surface area contributed by atoms with Crippen LogP contribution in [0.5, 0.6) is 0 Å². The van der Waals surface area contributed by atoms with Gasteiger partial charge in [0.1, 0.15) is 17.9 Å². The summed E-state index contributed by atoms with van der Waals surface area (Å²) in [6, 6.07) is 11.5. The van der Waals surface area contributed by atoms with E-state index in [1.807, 2.05) is 39.3 Å². The second kappa shape index (κ2) is 11.7. The Morgan fingerprint density at radius 1 is 1.04 bits per heavy atom. The molecule has 0 saturated carbocycles. The lowest BCUT2D eigenvalue weighted by atomic mass is 10.2. The Hall–Kier alpha value is -2.90. The number of nitrogens with zero attached hydrogens (tertiary/aromatic N) is 4. The largest absolute Gasteiger partial charge is 0.369 e. The molecule has 3 rings (SSSR count). The summed E-state index contributed by atoms with van der Waals surface area (Å²) in [6.45, 7) is 2.65. The van der Waals surface area contributed by atoms with Gasteiger partial charge in [-0.2, -0.15) is 0 Å². The number of fused-ring (bicyclic) bond motifs is 1. The molecule has 2 N–H and O–H groups in total. The lowest BCUT2D eigenvalue weighted by Crippen LogP contribution is -2.16. The van der Waals surface area contributed by atoms with Crippen molar-refractivity contribution in [2.75, 3.05) is 39.5 Å². The van der Waals surface area contributed by atoms with Gasteiger partial charge in [0, 0.05) is 29.9 Å². The van der Waals surface area contributed by atoms with Gasteiger partial charge in [0.2, 0.25) is 0 Å². The van der Waals surface area contributed by atoms with Gasteiger partial charge in [-0.3, -0.25) is 9.78 Å². The van der Waals surface area contributed by atoms with E-state index >= 15 is 0 Å². The molecule has 0 fully saturated rings. The van der Waals surface area contributed by atoms with Crippen LogP contribution in [0.4, 0.5) is 5.82 Å². The van der Waals surface area contributed by atoms with Gasteiger partial charge >= 0.3 is 0 Å². The summed E-state index contributed by atoms with van der Waals surface area (Å²) in [5, 5.41) is 7.66. The van der Waals surface area contributed by atoms with Crippen molar-refractivity contribution >= 4 is 23.0 Å². The molecule has 0 amide bonds. The number of hydrogen-bond donors (Lipinski definition) is 2. The summed E-state index contributed by atoms with van der Waals surface area (Å²) in [4.78, 5) is 25.1. The third kappa shape index (κ3) is 7.02. The molecule has 1 aromatic carbocycles. The topological polar surface area (TPSA) is 83.0 Å². The first kappa shape index (κ1) is 21.4. The highest BCUT2D eigenvalue weighted by Crippen LogP contribution is 2.20.